The van der Waals surface area contributed by atoms with E-state index in [2.05, 4.69) is 4.98 Å². The van der Waals surface area contributed by atoms with Crippen LogP contribution >= 0.6 is 11.3 Å². The topological polar surface area (TPSA) is 57.4 Å². The van der Waals surface area contributed by atoms with Crippen molar-refractivity contribution in [1.29, 1.82) is 0 Å². The molecular formula is C14H18N2O2S. The van der Waals surface area contributed by atoms with E-state index in [1.807, 2.05) is 37.4 Å². The van der Waals surface area contributed by atoms with Gasteiger partial charge in [-0.3, -0.25) is 0 Å². The average Bonchev–Trinajstić information content (AvgIpc) is 2.81. The highest BCUT2D eigenvalue weighted by molar-refractivity contribution is 7.09. The zero-order chi connectivity index (χ0) is 13.8. The molecule has 0 bridgehead atoms. The summed E-state index contributed by atoms with van der Waals surface area (Å²) < 4.78 is 11.1. The van der Waals surface area contributed by atoms with Crippen molar-refractivity contribution in [2.75, 3.05) is 7.11 Å². The second-order valence-corrected chi connectivity index (χ2v) is 5.41. The molecule has 5 heteroatoms. The van der Waals surface area contributed by atoms with Crippen LogP contribution in [0.15, 0.2) is 23.6 Å². The molecule has 0 saturated heterocycles. The Hall–Kier alpha value is -1.59. The lowest BCUT2D eigenvalue weighted by Gasteiger charge is -2.13. The van der Waals surface area contributed by atoms with Crippen LogP contribution in [0.2, 0.25) is 0 Å². The van der Waals surface area contributed by atoms with Crippen molar-refractivity contribution in [1.82, 2.24) is 4.98 Å². The molecule has 1 heterocycles. The zero-order valence-electron chi connectivity index (χ0n) is 11.3. The molecule has 2 rings (SSSR count). The Morgan fingerprint density at radius 2 is 2.16 bits per heavy atom. The molecule has 1 aromatic carbocycles. The summed E-state index contributed by atoms with van der Waals surface area (Å²) >= 11 is 1.62. The van der Waals surface area contributed by atoms with E-state index in [1.165, 1.54) is 0 Å². The quantitative estimate of drug-likeness (QED) is 0.913. The van der Waals surface area contributed by atoms with Crippen LogP contribution in [-0.2, 0) is 6.61 Å². The normalized spacial score (nSPS) is 12.2. The summed E-state index contributed by atoms with van der Waals surface area (Å²) in [7, 11) is 1.63. The molecular weight excluding hydrogens is 260 g/mol. The summed E-state index contributed by atoms with van der Waals surface area (Å²) in [6.45, 7) is 4.36. The molecule has 0 saturated carbocycles. The fourth-order valence-corrected chi connectivity index (χ4v) is 2.31. The van der Waals surface area contributed by atoms with Gasteiger partial charge in [-0.05, 0) is 31.5 Å². The van der Waals surface area contributed by atoms with E-state index in [1.54, 1.807) is 18.4 Å². The highest BCUT2D eigenvalue weighted by Crippen LogP contribution is 2.30. The van der Waals surface area contributed by atoms with Gasteiger partial charge in [-0.25, -0.2) is 4.98 Å². The summed E-state index contributed by atoms with van der Waals surface area (Å²) in [6.07, 6.45) is 0. The van der Waals surface area contributed by atoms with Gasteiger partial charge in [0.1, 0.15) is 6.61 Å². The summed E-state index contributed by atoms with van der Waals surface area (Å²) in [4.78, 5) is 4.36. The Morgan fingerprint density at radius 3 is 2.74 bits per heavy atom. The maximum Gasteiger partial charge on any atom is 0.161 e. The Balaban J connectivity index is 2.11. The molecule has 19 heavy (non-hydrogen) atoms. The number of aryl methyl sites for hydroxylation is 1. The van der Waals surface area contributed by atoms with E-state index in [9.17, 15) is 0 Å². The fraction of sp³-hybridized carbons (Fsp3) is 0.357. The van der Waals surface area contributed by atoms with Gasteiger partial charge in [0.15, 0.2) is 11.5 Å². The first kappa shape index (κ1) is 13.8. The van der Waals surface area contributed by atoms with Gasteiger partial charge in [-0.15, -0.1) is 11.3 Å². The number of ether oxygens (including phenoxy) is 2. The lowest BCUT2D eigenvalue weighted by molar-refractivity contribution is 0.281. The largest absolute Gasteiger partial charge is 0.493 e. The van der Waals surface area contributed by atoms with E-state index in [0.717, 1.165) is 16.3 Å². The van der Waals surface area contributed by atoms with Crippen molar-refractivity contribution < 1.29 is 9.47 Å². The minimum Gasteiger partial charge on any atom is -0.493 e. The van der Waals surface area contributed by atoms with Gasteiger partial charge in [0, 0.05) is 11.4 Å². The maximum atomic E-state index is 5.85. The van der Waals surface area contributed by atoms with Crippen LogP contribution in [0.4, 0.5) is 0 Å². The van der Waals surface area contributed by atoms with E-state index in [-0.39, 0.29) is 6.04 Å². The van der Waals surface area contributed by atoms with Crippen molar-refractivity contribution >= 4 is 11.3 Å². The number of hydrogen-bond acceptors (Lipinski definition) is 5. The predicted molar refractivity (Wildman–Crippen MR) is 76.8 cm³/mol. The molecule has 0 amide bonds. The molecule has 0 aliphatic carbocycles. The number of benzene rings is 1. The molecule has 0 aliphatic heterocycles. The Kier molecular flexibility index (Phi) is 4.39. The van der Waals surface area contributed by atoms with Gasteiger partial charge in [-0.2, -0.15) is 0 Å². The van der Waals surface area contributed by atoms with Crippen LogP contribution in [0.5, 0.6) is 11.5 Å². The Morgan fingerprint density at radius 1 is 1.37 bits per heavy atom. The van der Waals surface area contributed by atoms with Crippen molar-refractivity contribution in [3.63, 3.8) is 0 Å². The van der Waals surface area contributed by atoms with E-state index in [0.29, 0.717) is 18.1 Å². The summed E-state index contributed by atoms with van der Waals surface area (Å²) in [6, 6.07) is 5.72. The SMILES string of the molecule is COc1cc(C(C)N)ccc1OCc1csc(C)n1. The third-order valence-electron chi connectivity index (χ3n) is 2.76. The lowest BCUT2D eigenvalue weighted by Crippen LogP contribution is -2.05. The third-order valence-corrected chi connectivity index (χ3v) is 3.58. The van der Waals surface area contributed by atoms with E-state index < -0.39 is 0 Å². The van der Waals surface area contributed by atoms with Gasteiger partial charge in [-0.1, -0.05) is 6.07 Å². The maximum absolute atomic E-state index is 5.85. The number of rotatable bonds is 5. The predicted octanol–water partition coefficient (Wildman–Crippen LogP) is 3.06. The molecule has 2 aromatic rings. The van der Waals surface area contributed by atoms with Crippen LogP contribution in [0, 0.1) is 6.92 Å². The molecule has 4 nitrogen and oxygen atoms in total. The molecule has 0 aliphatic rings. The summed E-state index contributed by atoms with van der Waals surface area (Å²) in [5, 5.41) is 3.04. The van der Waals surface area contributed by atoms with Crippen LogP contribution in [0.3, 0.4) is 0 Å². The van der Waals surface area contributed by atoms with Crippen molar-refractivity contribution in [3.05, 3.63) is 39.8 Å². The average molecular weight is 278 g/mol. The first-order valence-electron chi connectivity index (χ1n) is 6.07. The minimum absolute atomic E-state index is 0.0239. The van der Waals surface area contributed by atoms with E-state index in [4.69, 9.17) is 15.2 Å². The van der Waals surface area contributed by atoms with Gasteiger partial charge in [0.2, 0.25) is 0 Å². The Bertz CT molecular complexity index is 552. The number of methoxy groups -OCH3 is 1. The molecule has 1 atom stereocenters. The second kappa shape index (κ2) is 6.04. The van der Waals surface area contributed by atoms with Crippen LogP contribution < -0.4 is 15.2 Å². The fourth-order valence-electron chi connectivity index (χ4n) is 1.71. The number of nitrogens with zero attached hydrogens (tertiary/aromatic N) is 1. The molecule has 0 spiro atoms. The highest BCUT2D eigenvalue weighted by atomic mass is 32.1. The van der Waals surface area contributed by atoms with Gasteiger partial charge >= 0.3 is 0 Å². The first-order valence-corrected chi connectivity index (χ1v) is 6.95. The van der Waals surface area contributed by atoms with Crippen molar-refractivity contribution in [2.45, 2.75) is 26.5 Å². The molecule has 102 valence electrons. The number of thiazole rings is 1. The highest BCUT2D eigenvalue weighted by Gasteiger charge is 2.09. The Labute approximate surface area is 117 Å². The molecule has 1 unspecified atom stereocenters. The van der Waals surface area contributed by atoms with Gasteiger partial charge < -0.3 is 15.2 Å². The number of nitrogens with two attached hydrogens (primary N) is 1. The summed E-state index contributed by atoms with van der Waals surface area (Å²) in [5.41, 5.74) is 7.80. The minimum atomic E-state index is -0.0239. The molecule has 2 N–H and O–H groups in total. The smallest absolute Gasteiger partial charge is 0.161 e. The first-order chi connectivity index (χ1) is 9.10. The van der Waals surface area contributed by atoms with Crippen LogP contribution in [0.1, 0.15) is 29.2 Å². The molecule has 1 aromatic heterocycles. The standard InChI is InChI=1S/C14H18N2O2S/c1-9(15)11-4-5-13(14(6-11)17-3)18-7-12-8-19-10(2)16-12/h4-6,8-9H,7,15H2,1-3H3. The monoisotopic (exact) mass is 278 g/mol. The van der Waals surface area contributed by atoms with Crippen molar-refractivity contribution in [3.8, 4) is 11.5 Å². The summed E-state index contributed by atoms with van der Waals surface area (Å²) in [5.74, 6) is 1.40. The van der Waals surface area contributed by atoms with Crippen LogP contribution in [0.25, 0.3) is 0 Å². The van der Waals surface area contributed by atoms with Gasteiger partial charge in [0.05, 0.1) is 17.8 Å². The second-order valence-electron chi connectivity index (χ2n) is 4.35. The number of aromatic nitrogens is 1. The lowest BCUT2D eigenvalue weighted by atomic mass is 10.1. The third kappa shape index (κ3) is 3.45. The molecule has 0 radical (unpaired) electrons. The van der Waals surface area contributed by atoms with E-state index >= 15 is 0 Å². The number of hydrogen-bond donors (Lipinski definition) is 1. The van der Waals surface area contributed by atoms with Crippen LogP contribution in [-0.4, -0.2) is 12.1 Å². The molecule has 0 fully saturated rings. The zero-order valence-corrected chi connectivity index (χ0v) is 12.2. The van der Waals surface area contributed by atoms with Gasteiger partial charge in [0.25, 0.3) is 0 Å². The van der Waals surface area contributed by atoms with Crippen molar-refractivity contribution in [2.24, 2.45) is 5.73 Å².